The molecule has 2 aromatic heterocycles. The summed E-state index contributed by atoms with van der Waals surface area (Å²) >= 11 is 0. The molecule has 0 fully saturated rings. The monoisotopic (exact) mass is 409 g/mol. The maximum Gasteiger partial charge on any atom is 0.352 e. The lowest BCUT2D eigenvalue weighted by Gasteiger charge is -2.39. The van der Waals surface area contributed by atoms with E-state index in [4.69, 9.17) is 4.74 Å². The fourth-order valence-electron chi connectivity index (χ4n) is 3.76. The molecule has 0 spiro atoms. The second-order valence-corrected chi connectivity index (χ2v) is 7.30. The fourth-order valence-corrected chi connectivity index (χ4v) is 3.76. The number of carbonyl (C=O) groups is 2. The highest BCUT2D eigenvalue weighted by atomic mass is 19.1. The van der Waals surface area contributed by atoms with Gasteiger partial charge in [0.2, 0.25) is 0 Å². The molecule has 0 saturated carbocycles. The maximum absolute atomic E-state index is 14.5. The first-order valence-corrected chi connectivity index (χ1v) is 9.39. The van der Waals surface area contributed by atoms with E-state index < -0.39 is 23.2 Å². The minimum absolute atomic E-state index is 0.0129. The molecule has 7 nitrogen and oxygen atoms in total. The Labute approximate surface area is 172 Å². The number of halogens is 1. The van der Waals surface area contributed by atoms with Crippen molar-refractivity contribution in [2.45, 2.75) is 18.9 Å². The lowest BCUT2D eigenvalue weighted by molar-refractivity contribution is 0.0686. The normalized spacial score (nSPS) is 17.7. The molecule has 30 heavy (non-hydrogen) atoms. The van der Waals surface area contributed by atoms with Crippen LogP contribution in [-0.2, 0) is 12.6 Å². The van der Waals surface area contributed by atoms with Crippen LogP contribution < -0.4 is 10.1 Å². The molecule has 0 saturated heterocycles. The van der Waals surface area contributed by atoms with Gasteiger partial charge >= 0.3 is 5.97 Å². The van der Waals surface area contributed by atoms with E-state index in [1.165, 1.54) is 22.9 Å². The third-order valence-corrected chi connectivity index (χ3v) is 5.39. The molecule has 1 aromatic carbocycles. The molecular formula is C22H20FN3O4. The van der Waals surface area contributed by atoms with Gasteiger partial charge in [-0.2, -0.15) is 0 Å². The van der Waals surface area contributed by atoms with Gasteiger partial charge in [0, 0.05) is 25.9 Å². The number of carboxylic acids is 1. The van der Waals surface area contributed by atoms with Crippen LogP contribution in [0.4, 0.5) is 4.39 Å². The number of aromatic nitrogens is 2. The van der Waals surface area contributed by atoms with Crippen molar-refractivity contribution in [3.05, 3.63) is 82.7 Å². The zero-order chi connectivity index (χ0) is 21.5. The lowest BCUT2D eigenvalue weighted by Crippen LogP contribution is -2.50. The van der Waals surface area contributed by atoms with Crippen molar-refractivity contribution in [3.63, 3.8) is 0 Å². The molecule has 8 heteroatoms. The van der Waals surface area contributed by atoms with Crippen LogP contribution in [0.25, 0.3) is 0 Å². The first-order valence-electron chi connectivity index (χ1n) is 9.39. The average Bonchev–Trinajstić information content (AvgIpc) is 3.12. The molecule has 3 aromatic rings. The van der Waals surface area contributed by atoms with Gasteiger partial charge in [-0.3, -0.25) is 9.78 Å². The number of hydrogen-bond donors (Lipinski definition) is 2. The summed E-state index contributed by atoms with van der Waals surface area (Å²) in [5, 5.41) is 12.3. The van der Waals surface area contributed by atoms with Gasteiger partial charge < -0.3 is 19.7 Å². The number of nitrogens with one attached hydrogen (secondary N) is 1. The average molecular weight is 409 g/mol. The Morgan fingerprint density at radius 2 is 2.10 bits per heavy atom. The Hall–Kier alpha value is -3.68. The van der Waals surface area contributed by atoms with Crippen LogP contribution in [0, 0.1) is 12.7 Å². The van der Waals surface area contributed by atoms with Gasteiger partial charge in [0.1, 0.15) is 28.5 Å². The van der Waals surface area contributed by atoms with Gasteiger partial charge in [-0.25, -0.2) is 9.18 Å². The molecule has 3 heterocycles. The number of fused-ring (bicyclic) bond motifs is 1. The van der Waals surface area contributed by atoms with Gasteiger partial charge in [-0.15, -0.1) is 0 Å². The SMILES string of the molecule is Cc1ccc([C@@]2(NC(=O)c3cc(C(=O)O)n(C)c3)CCOc3cccnc32)cc1F. The number of nitrogens with zero attached hydrogens (tertiary/aromatic N) is 2. The van der Waals surface area contributed by atoms with E-state index in [-0.39, 0.29) is 11.3 Å². The van der Waals surface area contributed by atoms with E-state index in [1.807, 2.05) is 0 Å². The van der Waals surface area contributed by atoms with Crippen molar-refractivity contribution in [1.82, 2.24) is 14.9 Å². The van der Waals surface area contributed by atoms with E-state index in [0.29, 0.717) is 35.6 Å². The lowest BCUT2D eigenvalue weighted by atomic mass is 9.80. The zero-order valence-electron chi connectivity index (χ0n) is 16.5. The van der Waals surface area contributed by atoms with Crippen molar-refractivity contribution in [2.75, 3.05) is 6.61 Å². The van der Waals surface area contributed by atoms with E-state index in [2.05, 4.69) is 10.3 Å². The molecule has 0 bridgehead atoms. The Morgan fingerprint density at radius 1 is 1.30 bits per heavy atom. The second kappa shape index (κ2) is 7.29. The van der Waals surface area contributed by atoms with Crippen molar-refractivity contribution < 1.29 is 23.8 Å². The number of ether oxygens (including phenoxy) is 1. The van der Waals surface area contributed by atoms with Crippen LogP contribution in [-0.4, -0.2) is 33.1 Å². The van der Waals surface area contributed by atoms with E-state index in [9.17, 15) is 19.1 Å². The molecule has 1 aliphatic heterocycles. The first-order chi connectivity index (χ1) is 14.3. The van der Waals surface area contributed by atoms with E-state index in [1.54, 1.807) is 44.4 Å². The van der Waals surface area contributed by atoms with Crippen LogP contribution in [0.15, 0.2) is 48.8 Å². The topological polar surface area (TPSA) is 93.5 Å². The predicted molar refractivity (Wildman–Crippen MR) is 106 cm³/mol. The van der Waals surface area contributed by atoms with Crippen molar-refractivity contribution >= 4 is 11.9 Å². The first kappa shape index (κ1) is 19.6. The molecule has 0 unspecified atom stereocenters. The number of benzene rings is 1. The summed E-state index contributed by atoms with van der Waals surface area (Å²) in [5.74, 6) is -1.51. The molecule has 0 radical (unpaired) electrons. The quantitative estimate of drug-likeness (QED) is 0.691. The van der Waals surface area contributed by atoms with Crippen LogP contribution in [0.3, 0.4) is 0 Å². The number of pyridine rings is 1. The van der Waals surface area contributed by atoms with Crippen LogP contribution >= 0.6 is 0 Å². The summed E-state index contributed by atoms with van der Waals surface area (Å²) in [6.45, 7) is 1.96. The van der Waals surface area contributed by atoms with Crippen molar-refractivity contribution in [2.24, 2.45) is 7.05 Å². The van der Waals surface area contributed by atoms with Gasteiger partial charge in [0.05, 0.1) is 12.2 Å². The summed E-state index contributed by atoms with van der Waals surface area (Å²) in [6.07, 6.45) is 3.37. The Morgan fingerprint density at radius 3 is 2.80 bits per heavy atom. The van der Waals surface area contributed by atoms with Crippen molar-refractivity contribution in [1.29, 1.82) is 0 Å². The third-order valence-electron chi connectivity index (χ3n) is 5.39. The molecule has 1 amide bonds. The van der Waals surface area contributed by atoms with Crippen LogP contribution in [0.1, 0.15) is 44.1 Å². The molecule has 4 rings (SSSR count). The minimum atomic E-state index is -1.13. The summed E-state index contributed by atoms with van der Waals surface area (Å²) in [4.78, 5) is 28.9. The minimum Gasteiger partial charge on any atom is -0.491 e. The summed E-state index contributed by atoms with van der Waals surface area (Å²) in [7, 11) is 1.55. The zero-order valence-corrected chi connectivity index (χ0v) is 16.5. The smallest absolute Gasteiger partial charge is 0.352 e. The number of aryl methyl sites for hydroxylation is 2. The number of aromatic carboxylic acids is 1. The maximum atomic E-state index is 14.5. The highest BCUT2D eigenvalue weighted by Gasteiger charge is 2.43. The van der Waals surface area contributed by atoms with Gasteiger partial charge in [0.25, 0.3) is 5.91 Å². The van der Waals surface area contributed by atoms with E-state index in [0.717, 1.165) is 0 Å². The van der Waals surface area contributed by atoms with Crippen LogP contribution in [0.5, 0.6) is 5.75 Å². The van der Waals surface area contributed by atoms with Gasteiger partial charge in [-0.1, -0.05) is 12.1 Å². The Bertz CT molecular complexity index is 1160. The van der Waals surface area contributed by atoms with Crippen molar-refractivity contribution in [3.8, 4) is 5.75 Å². The molecular weight excluding hydrogens is 389 g/mol. The van der Waals surface area contributed by atoms with E-state index >= 15 is 0 Å². The predicted octanol–water partition coefficient (Wildman–Crippen LogP) is 3.02. The Kier molecular flexibility index (Phi) is 4.77. The number of rotatable bonds is 4. The number of hydrogen-bond acceptors (Lipinski definition) is 4. The number of carboxylic acid groups (broad SMARTS) is 1. The van der Waals surface area contributed by atoms with Gasteiger partial charge in [0.15, 0.2) is 0 Å². The third kappa shape index (κ3) is 3.20. The molecule has 1 aliphatic rings. The molecule has 154 valence electrons. The highest BCUT2D eigenvalue weighted by Crippen LogP contribution is 2.41. The Balaban J connectivity index is 1.83. The van der Waals surface area contributed by atoms with Gasteiger partial charge in [-0.05, 0) is 42.3 Å². The second-order valence-electron chi connectivity index (χ2n) is 7.30. The highest BCUT2D eigenvalue weighted by molar-refractivity contribution is 5.98. The standard InChI is InChI=1S/C22H20FN3O4/c1-13-5-6-15(11-16(13)23)22(7-9-30-18-4-3-8-24-19(18)22)25-20(27)14-10-17(21(28)29)26(2)12-14/h3-6,8,10-12H,7,9H2,1-2H3,(H,25,27)(H,28,29)/t22-/m0/s1. The largest absolute Gasteiger partial charge is 0.491 e. The molecule has 1 atom stereocenters. The number of amides is 1. The van der Waals surface area contributed by atoms with Crippen LogP contribution in [0.2, 0.25) is 0 Å². The molecule has 2 N–H and O–H groups in total. The summed E-state index contributed by atoms with van der Waals surface area (Å²) in [6, 6.07) is 9.59. The summed E-state index contributed by atoms with van der Waals surface area (Å²) < 4.78 is 21.5. The molecule has 0 aliphatic carbocycles. The number of carbonyl (C=O) groups excluding carboxylic acids is 1. The fraction of sp³-hybridized carbons (Fsp3) is 0.227. The summed E-state index contributed by atoms with van der Waals surface area (Å²) in [5.41, 5.74) is 0.549.